The van der Waals surface area contributed by atoms with Crippen LogP contribution in [0.4, 0.5) is 5.69 Å². The van der Waals surface area contributed by atoms with Crippen molar-refractivity contribution in [3.63, 3.8) is 0 Å². The van der Waals surface area contributed by atoms with Gasteiger partial charge in [-0.3, -0.25) is 0 Å². The maximum Gasteiger partial charge on any atom is 0.0513 e. The second-order valence-electron chi connectivity index (χ2n) is 4.24. The van der Waals surface area contributed by atoms with Gasteiger partial charge in [-0.05, 0) is 36.5 Å². The molecule has 1 heterocycles. The molecule has 0 amide bonds. The van der Waals surface area contributed by atoms with Gasteiger partial charge in [-0.25, -0.2) is 0 Å². The SMILES string of the molecule is C1=CC2=CCc3ccccc3NC2CC1. The highest BCUT2D eigenvalue weighted by Gasteiger charge is 2.18. The Labute approximate surface area is 90.5 Å². The lowest BCUT2D eigenvalue weighted by Crippen LogP contribution is -2.22. The number of fused-ring (bicyclic) bond motifs is 2. The summed E-state index contributed by atoms with van der Waals surface area (Å²) in [7, 11) is 0. The second kappa shape index (κ2) is 3.58. The minimum atomic E-state index is 0.527. The number of benzene rings is 1. The Kier molecular flexibility index (Phi) is 2.09. The summed E-state index contributed by atoms with van der Waals surface area (Å²) < 4.78 is 0. The van der Waals surface area contributed by atoms with E-state index in [4.69, 9.17) is 0 Å². The van der Waals surface area contributed by atoms with E-state index in [1.807, 2.05) is 0 Å². The summed E-state index contributed by atoms with van der Waals surface area (Å²) >= 11 is 0. The molecule has 1 aromatic carbocycles. The second-order valence-corrected chi connectivity index (χ2v) is 4.24. The molecule has 0 bridgehead atoms. The summed E-state index contributed by atoms with van der Waals surface area (Å²) in [4.78, 5) is 0. The monoisotopic (exact) mass is 197 g/mol. The van der Waals surface area contributed by atoms with Gasteiger partial charge in [0.2, 0.25) is 0 Å². The van der Waals surface area contributed by atoms with Crippen LogP contribution in [-0.4, -0.2) is 6.04 Å². The fourth-order valence-corrected chi connectivity index (χ4v) is 2.39. The van der Waals surface area contributed by atoms with Crippen LogP contribution in [0.3, 0.4) is 0 Å². The summed E-state index contributed by atoms with van der Waals surface area (Å²) in [5.74, 6) is 0. The molecule has 1 aliphatic carbocycles. The molecule has 1 aromatic rings. The van der Waals surface area contributed by atoms with Gasteiger partial charge in [-0.15, -0.1) is 0 Å². The topological polar surface area (TPSA) is 12.0 Å². The zero-order valence-electron chi connectivity index (χ0n) is 8.74. The molecule has 0 saturated carbocycles. The third-order valence-corrected chi connectivity index (χ3v) is 3.24. The van der Waals surface area contributed by atoms with E-state index in [2.05, 4.69) is 47.8 Å². The van der Waals surface area contributed by atoms with Crippen molar-refractivity contribution in [1.82, 2.24) is 0 Å². The zero-order valence-corrected chi connectivity index (χ0v) is 8.74. The molecule has 1 aliphatic heterocycles. The largest absolute Gasteiger partial charge is 0.378 e. The van der Waals surface area contributed by atoms with Gasteiger partial charge >= 0.3 is 0 Å². The van der Waals surface area contributed by atoms with Crippen molar-refractivity contribution in [2.45, 2.75) is 25.3 Å². The quantitative estimate of drug-likeness (QED) is 0.673. The lowest BCUT2D eigenvalue weighted by atomic mass is 9.96. The van der Waals surface area contributed by atoms with E-state index >= 15 is 0 Å². The first kappa shape index (κ1) is 8.78. The third kappa shape index (κ3) is 1.58. The third-order valence-electron chi connectivity index (χ3n) is 3.24. The summed E-state index contributed by atoms with van der Waals surface area (Å²) in [6.45, 7) is 0. The van der Waals surface area contributed by atoms with Gasteiger partial charge in [0.15, 0.2) is 0 Å². The number of allylic oxidation sites excluding steroid dienone is 2. The molecule has 0 saturated heterocycles. The van der Waals surface area contributed by atoms with Crippen LogP contribution in [0.5, 0.6) is 0 Å². The lowest BCUT2D eigenvalue weighted by Gasteiger charge is -2.22. The van der Waals surface area contributed by atoms with Crippen molar-refractivity contribution in [1.29, 1.82) is 0 Å². The van der Waals surface area contributed by atoms with Crippen LogP contribution in [0, 0.1) is 0 Å². The highest BCUT2D eigenvalue weighted by Crippen LogP contribution is 2.28. The first-order valence-corrected chi connectivity index (χ1v) is 5.64. The normalized spacial score (nSPS) is 23.2. The molecule has 1 nitrogen and oxygen atoms in total. The molecular weight excluding hydrogens is 182 g/mol. The van der Waals surface area contributed by atoms with Crippen molar-refractivity contribution in [2.75, 3.05) is 5.32 Å². The van der Waals surface area contributed by atoms with Crippen molar-refractivity contribution in [3.05, 3.63) is 53.6 Å². The van der Waals surface area contributed by atoms with Gasteiger partial charge in [-0.2, -0.15) is 0 Å². The molecule has 2 aliphatic rings. The van der Waals surface area contributed by atoms with Crippen LogP contribution in [0.15, 0.2) is 48.1 Å². The highest BCUT2D eigenvalue weighted by molar-refractivity contribution is 5.57. The Hall–Kier alpha value is -1.50. The molecule has 3 rings (SSSR count). The summed E-state index contributed by atoms with van der Waals surface area (Å²) in [5, 5.41) is 3.64. The van der Waals surface area contributed by atoms with Crippen LogP contribution in [0.2, 0.25) is 0 Å². The van der Waals surface area contributed by atoms with Crippen molar-refractivity contribution in [2.24, 2.45) is 0 Å². The van der Waals surface area contributed by atoms with E-state index in [0.29, 0.717) is 6.04 Å². The predicted molar refractivity (Wildman–Crippen MR) is 64.0 cm³/mol. The van der Waals surface area contributed by atoms with Crippen LogP contribution in [-0.2, 0) is 6.42 Å². The zero-order chi connectivity index (χ0) is 10.1. The Morgan fingerprint density at radius 3 is 3.13 bits per heavy atom. The first-order valence-electron chi connectivity index (χ1n) is 5.64. The molecule has 0 spiro atoms. The molecule has 1 heteroatoms. The minimum absolute atomic E-state index is 0.527. The van der Waals surface area contributed by atoms with Gasteiger partial charge in [0.1, 0.15) is 0 Å². The van der Waals surface area contributed by atoms with E-state index < -0.39 is 0 Å². The van der Waals surface area contributed by atoms with E-state index in [1.54, 1.807) is 0 Å². The fourth-order valence-electron chi connectivity index (χ4n) is 2.39. The van der Waals surface area contributed by atoms with Gasteiger partial charge in [-0.1, -0.05) is 36.4 Å². The van der Waals surface area contributed by atoms with Crippen molar-refractivity contribution >= 4 is 5.69 Å². The van der Waals surface area contributed by atoms with Gasteiger partial charge in [0.05, 0.1) is 6.04 Å². The molecular formula is C14H15N. The standard InChI is InChI=1S/C14H15N/c1-3-7-13-11(5-1)9-10-12-6-2-4-8-14(12)15-13/h1-3,5-7,10,14-15H,4,8-9H2. The van der Waals surface area contributed by atoms with Crippen LogP contribution in [0.1, 0.15) is 18.4 Å². The van der Waals surface area contributed by atoms with Crippen LogP contribution < -0.4 is 5.32 Å². The lowest BCUT2D eigenvalue weighted by molar-refractivity contribution is 0.734. The molecule has 0 aromatic heterocycles. The number of anilines is 1. The fraction of sp³-hybridized carbons (Fsp3) is 0.286. The Morgan fingerprint density at radius 2 is 2.13 bits per heavy atom. The van der Waals surface area contributed by atoms with Crippen LogP contribution >= 0.6 is 0 Å². The van der Waals surface area contributed by atoms with E-state index in [0.717, 1.165) is 6.42 Å². The molecule has 76 valence electrons. The minimum Gasteiger partial charge on any atom is -0.378 e. The smallest absolute Gasteiger partial charge is 0.0513 e. The number of hydrogen-bond donors (Lipinski definition) is 1. The average molecular weight is 197 g/mol. The Balaban J connectivity index is 2.00. The van der Waals surface area contributed by atoms with Crippen LogP contribution in [0.25, 0.3) is 0 Å². The van der Waals surface area contributed by atoms with Gasteiger partial charge < -0.3 is 5.32 Å². The number of nitrogens with one attached hydrogen (secondary N) is 1. The molecule has 0 radical (unpaired) electrons. The highest BCUT2D eigenvalue weighted by atomic mass is 14.9. The number of para-hydroxylation sites is 1. The Bertz CT molecular complexity index is 429. The molecule has 1 N–H and O–H groups in total. The first-order chi connectivity index (χ1) is 7.43. The maximum absolute atomic E-state index is 3.64. The maximum atomic E-state index is 3.64. The van der Waals surface area contributed by atoms with E-state index in [1.165, 1.54) is 29.7 Å². The van der Waals surface area contributed by atoms with Gasteiger partial charge in [0.25, 0.3) is 0 Å². The average Bonchev–Trinajstić information content (AvgIpc) is 2.48. The number of hydrogen-bond acceptors (Lipinski definition) is 1. The molecule has 1 unspecified atom stereocenters. The molecule has 0 fully saturated rings. The number of rotatable bonds is 0. The molecule has 15 heavy (non-hydrogen) atoms. The summed E-state index contributed by atoms with van der Waals surface area (Å²) in [5.41, 5.74) is 4.18. The summed E-state index contributed by atoms with van der Waals surface area (Å²) in [6.07, 6.45) is 10.4. The van der Waals surface area contributed by atoms with E-state index in [-0.39, 0.29) is 0 Å². The Morgan fingerprint density at radius 1 is 1.20 bits per heavy atom. The van der Waals surface area contributed by atoms with Crippen molar-refractivity contribution < 1.29 is 0 Å². The van der Waals surface area contributed by atoms with Gasteiger partial charge in [0, 0.05) is 5.69 Å². The van der Waals surface area contributed by atoms with E-state index in [9.17, 15) is 0 Å². The summed E-state index contributed by atoms with van der Waals surface area (Å²) in [6, 6.07) is 9.14. The van der Waals surface area contributed by atoms with Crippen molar-refractivity contribution in [3.8, 4) is 0 Å². The predicted octanol–water partition coefficient (Wildman–Crippen LogP) is 3.30. The molecule has 1 atom stereocenters.